The Morgan fingerprint density at radius 1 is 1.44 bits per heavy atom. The normalized spacial score (nSPS) is 18.2. The molecule has 0 bridgehead atoms. The van der Waals surface area contributed by atoms with Crippen LogP contribution in [-0.4, -0.2) is 11.7 Å². The predicted molar refractivity (Wildman–Crippen MR) is 63.2 cm³/mol. The van der Waals surface area contributed by atoms with E-state index in [-0.39, 0.29) is 17.8 Å². The molecule has 3 heteroatoms. The lowest BCUT2D eigenvalue weighted by Gasteiger charge is -2.40. The van der Waals surface area contributed by atoms with Crippen LogP contribution in [0.5, 0.6) is 0 Å². The van der Waals surface area contributed by atoms with E-state index in [1.807, 2.05) is 0 Å². The third-order valence-corrected chi connectivity index (χ3v) is 3.99. The number of halogens is 2. The molecule has 0 heterocycles. The highest BCUT2D eigenvalue weighted by Crippen LogP contribution is 2.44. The second kappa shape index (κ2) is 4.34. The summed E-state index contributed by atoms with van der Waals surface area (Å²) in [5, 5.41) is 9.99. The van der Waals surface area contributed by atoms with Gasteiger partial charge in [-0.1, -0.05) is 18.0 Å². The van der Waals surface area contributed by atoms with Gasteiger partial charge in [-0.2, -0.15) is 0 Å². The molecular weight excluding hydrogens is 227 g/mol. The predicted octanol–water partition coefficient (Wildman–Crippen LogP) is 3.49. The molecule has 88 valence electrons. The number of aliphatic hydroxyl groups is 1. The van der Waals surface area contributed by atoms with Crippen LogP contribution in [0.2, 0.25) is 5.02 Å². The van der Waals surface area contributed by atoms with E-state index in [1.54, 1.807) is 13.0 Å². The first-order valence-electron chi connectivity index (χ1n) is 5.62. The summed E-state index contributed by atoms with van der Waals surface area (Å²) in [7, 11) is 0. The van der Waals surface area contributed by atoms with E-state index >= 15 is 0 Å². The summed E-state index contributed by atoms with van der Waals surface area (Å²) < 4.78 is 13.4. The van der Waals surface area contributed by atoms with Gasteiger partial charge in [0, 0.05) is 11.6 Å². The summed E-state index contributed by atoms with van der Waals surface area (Å²) in [6.45, 7) is 1.87. The number of rotatable bonds is 3. The average Bonchev–Trinajstić information content (AvgIpc) is 2.19. The second-order valence-electron chi connectivity index (χ2n) is 4.88. The van der Waals surface area contributed by atoms with Gasteiger partial charge in [-0.05, 0) is 54.9 Å². The molecule has 0 amide bonds. The van der Waals surface area contributed by atoms with Gasteiger partial charge in [-0.15, -0.1) is 0 Å². The zero-order valence-electron chi connectivity index (χ0n) is 9.39. The standard InChI is InChI=1S/C13H16ClFO/c1-9-5-11(14)10(6-12(9)15)7-13(8-16)3-2-4-13/h5-6,16H,2-4,7-8H2,1H3. The number of benzene rings is 1. The monoisotopic (exact) mass is 242 g/mol. The van der Waals surface area contributed by atoms with Crippen LogP contribution < -0.4 is 0 Å². The van der Waals surface area contributed by atoms with Crippen LogP contribution in [0.4, 0.5) is 4.39 Å². The van der Waals surface area contributed by atoms with Gasteiger partial charge in [0.1, 0.15) is 5.82 Å². The van der Waals surface area contributed by atoms with E-state index < -0.39 is 0 Å². The topological polar surface area (TPSA) is 20.2 Å². The zero-order chi connectivity index (χ0) is 11.8. The second-order valence-corrected chi connectivity index (χ2v) is 5.29. The molecule has 16 heavy (non-hydrogen) atoms. The van der Waals surface area contributed by atoms with E-state index in [1.165, 1.54) is 6.07 Å². The van der Waals surface area contributed by atoms with E-state index in [9.17, 15) is 9.50 Å². The van der Waals surface area contributed by atoms with Crippen molar-refractivity contribution in [1.82, 2.24) is 0 Å². The molecule has 2 rings (SSSR count). The molecule has 0 aromatic heterocycles. The van der Waals surface area contributed by atoms with E-state index in [2.05, 4.69) is 0 Å². The first-order chi connectivity index (χ1) is 7.56. The fraction of sp³-hybridized carbons (Fsp3) is 0.538. The molecule has 0 aliphatic heterocycles. The van der Waals surface area contributed by atoms with Crippen LogP contribution in [0.3, 0.4) is 0 Å². The number of aryl methyl sites for hydroxylation is 1. The third-order valence-electron chi connectivity index (χ3n) is 3.64. The van der Waals surface area contributed by atoms with Crippen LogP contribution in [-0.2, 0) is 6.42 Å². The summed E-state index contributed by atoms with van der Waals surface area (Å²) in [6.07, 6.45) is 3.84. The van der Waals surface area contributed by atoms with Crippen molar-refractivity contribution in [3.05, 3.63) is 34.1 Å². The lowest BCUT2D eigenvalue weighted by Crippen LogP contribution is -2.35. The Morgan fingerprint density at radius 2 is 2.12 bits per heavy atom. The molecule has 0 radical (unpaired) electrons. The summed E-state index contributed by atoms with van der Waals surface area (Å²) in [5.74, 6) is -0.216. The molecule has 1 aliphatic carbocycles. The molecule has 1 nitrogen and oxygen atoms in total. The number of aliphatic hydroxyl groups excluding tert-OH is 1. The Labute approximate surface area is 100 Å². The third kappa shape index (κ3) is 2.09. The fourth-order valence-electron chi connectivity index (χ4n) is 2.29. The van der Waals surface area contributed by atoms with Crippen molar-refractivity contribution >= 4 is 11.6 Å². The average molecular weight is 243 g/mol. The maximum Gasteiger partial charge on any atom is 0.126 e. The van der Waals surface area contributed by atoms with Crippen molar-refractivity contribution in [2.75, 3.05) is 6.61 Å². The number of hydrogen-bond acceptors (Lipinski definition) is 1. The van der Waals surface area contributed by atoms with Gasteiger partial charge < -0.3 is 5.11 Å². The minimum atomic E-state index is -0.216. The summed E-state index contributed by atoms with van der Waals surface area (Å²) in [6, 6.07) is 3.17. The van der Waals surface area contributed by atoms with Gasteiger partial charge in [0.05, 0.1) is 0 Å². The maximum atomic E-state index is 13.4. The summed E-state index contributed by atoms with van der Waals surface area (Å²) >= 11 is 6.10. The molecule has 1 fully saturated rings. The van der Waals surface area contributed by atoms with Crippen molar-refractivity contribution in [2.24, 2.45) is 5.41 Å². The Kier molecular flexibility index (Phi) is 3.22. The van der Waals surface area contributed by atoms with Gasteiger partial charge in [0.15, 0.2) is 0 Å². The Hall–Kier alpha value is -0.600. The fourth-order valence-corrected chi connectivity index (χ4v) is 2.58. The SMILES string of the molecule is Cc1cc(Cl)c(CC2(CO)CCC2)cc1F. The molecule has 1 aromatic rings. The van der Waals surface area contributed by atoms with Gasteiger partial charge in [-0.3, -0.25) is 0 Å². The Balaban J connectivity index is 2.24. The van der Waals surface area contributed by atoms with E-state index in [0.29, 0.717) is 17.0 Å². The molecule has 0 unspecified atom stereocenters. The molecule has 1 N–H and O–H groups in total. The van der Waals surface area contributed by atoms with Crippen LogP contribution in [0, 0.1) is 18.2 Å². The first-order valence-corrected chi connectivity index (χ1v) is 5.99. The Bertz CT molecular complexity index is 394. The number of hydrogen-bond donors (Lipinski definition) is 1. The van der Waals surface area contributed by atoms with Crippen molar-refractivity contribution in [3.63, 3.8) is 0 Å². The van der Waals surface area contributed by atoms with Gasteiger partial charge in [-0.25, -0.2) is 4.39 Å². The lowest BCUT2D eigenvalue weighted by atomic mass is 9.66. The lowest BCUT2D eigenvalue weighted by molar-refractivity contribution is 0.0450. The minimum absolute atomic E-state index is 0.0503. The molecule has 0 atom stereocenters. The molecule has 1 saturated carbocycles. The van der Waals surface area contributed by atoms with Crippen molar-refractivity contribution in [1.29, 1.82) is 0 Å². The smallest absolute Gasteiger partial charge is 0.126 e. The summed E-state index contributed by atoms with van der Waals surface area (Å²) in [5.41, 5.74) is 1.34. The van der Waals surface area contributed by atoms with Crippen LogP contribution in [0.15, 0.2) is 12.1 Å². The van der Waals surface area contributed by atoms with Crippen molar-refractivity contribution < 1.29 is 9.50 Å². The van der Waals surface area contributed by atoms with Crippen molar-refractivity contribution in [2.45, 2.75) is 32.6 Å². The molecule has 1 aliphatic rings. The van der Waals surface area contributed by atoms with Gasteiger partial charge in [0.25, 0.3) is 0 Å². The quantitative estimate of drug-likeness (QED) is 0.860. The van der Waals surface area contributed by atoms with Gasteiger partial charge >= 0.3 is 0 Å². The van der Waals surface area contributed by atoms with Crippen LogP contribution in [0.1, 0.15) is 30.4 Å². The van der Waals surface area contributed by atoms with E-state index in [4.69, 9.17) is 11.6 Å². The zero-order valence-corrected chi connectivity index (χ0v) is 10.1. The van der Waals surface area contributed by atoms with Crippen molar-refractivity contribution in [3.8, 4) is 0 Å². The molecule has 0 spiro atoms. The van der Waals surface area contributed by atoms with Crippen LogP contribution >= 0.6 is 11.6 Å². The highest BCUT2D eigenvalue weighted by molar-refractivity contribution is 6.31. The van der Waals surface area contributed by atoms with Gasteiger partial charge in [0.2, 0.25) is 0 Å². The summed E-state index contributed by atoms with van der Waals surface area (Å²) in [4.78, 5) is 0. The minimum Gasteiger partial charge on any atom is -0.396 e. The molecule has 1 aromatic carbocycles. The highest BCUT2D eigenvalue weighted by atomic mass is 35.5. The molecule has 0 saturated heterocycles. The molecular formula is C13H16ClFO. The maximum absolute atomic E-state index is 13.4. The first kappa shape index (κ1) is 11.9. The Morgan fingerprint density at radius 3 is 2.62 bits per heavy atom. The largest absolute Gasteiger partial charge is 0.396 e. The van der Waals surface area contributed by atoms with E-state index in [0.717, 1.165) is 24.8 Å². The van der Waals surface area contributed by atoms with Crippen LogP contribution in [0.25, 0.3) is 0 Å². The highest BCUT2D eigenvalue weighted by Gasteiger charge is 2.36.